The van der Waals surface area contributed by atoms with E-state index in [0.717, 1.165) is 22.3 Å². The number of rotatable bonds is 13. The molecule has 1 aromatic heterocycles. The summed E-state index contributed by atoms with van der Waals surface area (Å²) in [7, 11) is 0. The number of benzene rings is 2. The van der Waals surface area contributed by atoms with Gasteiger partial charge in [0.15, 0.2) is 0 Å². The molecule has 1 aliphatic heterocycles. The van der Waals surface area contributed by atoms with Crippen LogP contribution in [0.3, 0.4) is 0 Å². The molecule has 1 fully saturated rings. The zero-order chi connectivity index (χ0) is 32.3. The van der Waals surface area contributed by atoms with Gasteiger partial charge in [0.2, 0.25) is 5.91 Å². The monoisotopic (exact) mass is 617 g/mol. The topological polar surface area (TPSA) is 159 Å². The number of anilines is 1. The maximum Gasteiger partial charge on any atom is 0.410 e. The molecule has 4 rings (SSSR count). The summed E-state index contributed by atoms with van der Waals surface area (Å²) in [6.07, 6.45) is 1.15. The third-order valence-corrected chi connectivity index (χ3v) is 7.46. The van der Waals surface area contributed by atoms with E-state index < -0.39 is 36.0 Å². The molecule has 3 amide bonds. The van der Waals surface area contributed by atoms with E-state index in [9.17, 15) is 24.3 Å². The van der Waals surface area contributed by atoms with Crippen LogP contribution in [-0.4, -0.2) is 83.3 Å². The van der Waals surface area contributed by atoms with Crippen molar-refractivity contribution in [2.45, 2.75) is 52.0 Å². The molecule has 0 saturated carbocycles. The Balaban J connectivity index is 1.30. The number of carbonyl (C=O) groups excluding carboxylic acids is 3. The molecule has 12 nitrogen and oxygen atoms in total. The summed E-state index contributed by atoms with van der Waals surface area (Å²) in [5, 5.41) is 17.9. The summed E-state index contributed by atoms with van der Waals surface area (Å²) in [6.45, 7) is 5.53. The Morgan fingerprint density at radius 3 is 2.40 bits per heavy atom. The number of amides is 3. The number of pyridine rings is 1. The summed E-state index contributed by atoms with van der Waals surface area (Å²) in [6, 6.07) is 16.9. The molecule has 3 atom stereocenters. The maximum atomic E-state index is 13.0. The lowest BCUT2D eigenvalue weighted by molar-refractivity contribution is -0.139. The number of aromatic nitrogens is 1. The van der Waals surface area contributed by atoms with Gasteiger partial charge in [-0.05, 0) is 56.0 Å². The second-order valence-corrected chi connectivity index (χ2v) is 11.1. The molecule has 12 heteroatoms. The molecule has 1 aliphatic rings. The number of nitrogens with zero attached hydrogens (tertiary/aromatic N) is 2. The number of aryl methyl sites for hydroxylation is 3. The van der Waals surface area contributed by atoms with Crippen LogP contribution in [0.4, 0.5) is 10.6 Å². The highest BCUT2D eigenvalue weighted by Crippen LogP contribution is 2.23. The molecule has 0 radical (unpaired) electrons. The van der Waals surface area contributed by atoms with Gasteiger partial charge >= 0.3 is 12.1 Å². The van der Waals surface area contributed by atoms with E-state index in [-0.39, 0.29) is 32.3 Å². The molecule has 2 unspecified atom stereocenters. The van der Waals surface area contributed by atoms with Crippen LogP contribution < -0.4 is 16.0 Å². The number of ether oxygens (including phenoxy) is 2. The average molecular weight is 618 g/mol. The van der Waals surface area contributed by atoms with Crippen LogP contribution in [0.15, 0.2) is 66.9 Å². The minimum atomic E-state index is -1.34. The zero-order valence-electron chi connectivity index (χ0n) is 25.6. The van der Waals surface area contributed by atoms with Crippen molar-refractivity contribution in [2.75, 3.05) is 31.6 Å². The van der Waals surface area contributed by atoms with E-state index >= 15 is 0 Å². The van der Waals surface area contributed by atoms with Crippen molar-refractivity contribution in [3.05, 3.63) is 94.7 Å². The van der Waals surface area contributed by atoms with E-state index in [1.807, 2.05) is 61.5 Å². The lowest BCUT2D eigenvalue weighted by Crippen LogP contribution is -2.49. The molecule has 1 saturated heterocycles. The predicted octanol–water partition coefficient (Wildman–Crippen LogP) is 3.21. The molecule has 0 bridgehead atoms. The van der Waals surface area contributed by atoms with Gasteiger partial charge in [0, 0.05) is 24.8 Å². The molecular formula is C33H39N5O7. The predicted molar refractivity (Wildman–Crippen MR) is 167 cm³/mol. The van der Waals surface area contributed by atoms with E-state index in [1.165, 1.54) is 0 Å². The molecule has 2 aromatic carbocycles. The highest BCUT2D eigenvalue weighted by molar-refractivity contribution is 5.99. The first-order valence-corrected chi connectivity index (χ1v) is 14.7. The van der Waals surface area contributed by atoms with Gasteiger partial charge in [0.05, 0.1) is 18.7 Å². The smallest absolute Gasteiger partial charge is 0.410 e. The summed E-state index contributed by atoms with van der Waals surface area (Å²) >= 11 is 0. The quantitative estimate of drug-likeness (QED) is 0.226. The van der Waals surface area contributed by atoms with Crippen LogP contribution in [0, 0.1) is 20.8 Å². The molecule has 0 spiro atoms. The average Bonchev–Trinajstić information content (AvgIpc) is 3.43. The first kappa shape index (κ1) is 32.9. The lowest BCUT2D eigenvalue weighted by Gasteiger charge is -2.24. The fourth-order valence-electron chi connectivity index (χ4n) is 5.33. The summed E-state index contributed by atoms with van der Waals surface area (Å²) in [4.78, 5) is 56.3. The molecule has 2 heterocycles. The van der Waals surface area contributed by atoms with E-state index in [1.54, 1.807) is 31.0 Å². The van der Waals surface area contributed by atoms with Crippen molar-refractivity contribution in [2.24, 2.45) is 0 Å². The van der Waals surface area contributed by atoms with Gasteiger partial charge in [-0.1, -0.05) is 54.1 Å². The van der Waals surface area contributed by atoms with Gasteiger partial charge in [0.1, 0.15) is 25.1 Å². The Hall–Kier alpha value is -4.97. The standard InChI is InChI=1S/C33H39N5O7/c1-21-13-22(2)30(23(3)14-21)31(40)37-27(32(41)42)17-36-29(39)20-44-26-15-25(16-35-28-11-7-8-12-34-28)38(18-26)33(43)45-19-24-9-5-4-6-10-24/h4-14,25-27H,15-20H2,1-3H3,(H,34,35)(H,36,39)(H,37,40)(H,41,42)/t25-,26?,27?/m0/s1. The number of hydrogen-bond donors (Lipinski definition) is 4. The van der Waals surface area contributed by atoms with Gasteiger partial charge in [-0.3, -0.25) is 9.59 Å². The minimum absolute atomic E-state index is 0.120. The summed E-state index contributed by atoms with van der Waals surface area (Å²) < 4.78 is 11.4. The number of carbonyl (C=O) groups is 4. The molecular weight excluding hydrogens is 578 g/mol. The fraction of sp³-hybridized carbons (Fsp3) is 0.364. The van der Waals surface area contributed by atoms with Gasteiger partial charge in [-0.15, -0.1) is 0 Å². The van der Waals surface area contributed by atoms with Crippen LogP contribution in [0.5, 0.6) is 0 Å². The largest absolute Gasteiger partial charge is 0.480 e. The number of hydrogen-bond acceptors (Lipinski definition) is 8. The first-order valence-electron chi connectivity index (χ1n) is 14.7. The second-order valence-electron chi connectivity index (χ2n) is 11.1. The molecule has 0 aliphatic carbocycles. The Bertz CT molecular complexity index is 1460. The third-order valence-electron chi connectivity index (χ3n) is 7.46. The van der Waals surface area contributed by atoms with Crippen LogP contribution >= 0.6 is 0 Å². The van der Waals surface area contributed by atoms with Crippen molar-refractivity contribution in [1.29, 1.82) is 0 Å². The normalized spacial score (nSPS) is 16.5. The molecule has 3 aromatic rings. The molecule has 4 N–H and O–H groups in total. The Kier molecular flexibility index (Phi) is 11.5. The number of likely N-dealkylation sites (tertiary alicyclic amines) is 1. The van der Waals surface area contributed by atoms with E-state index in [4.69, 9.17) is 9.47 Å². The number of nitrogens with one attached hydrogen (secondary N) is 3. The Morgan fingerprint density at radius 2 is 1.73 bits per heavy atom. The third kappa shape index (κ3) is 9.51. The van der Waals surface area contributed by atoms with Crippen molar-refractivity contribution in [1.82, 2.24) is 20.5 Å². The van der Waals surface area contributed by atoms with Gasteiger partial charge in [-0.25, -0.2) is 14.6 Å². The van der Waals surface area contributed by atoms with Crippen LogP contribution in [0.1, 0.15) is 39.0 Å². The summed E-state index contributed by atoms with van der Waals surface area (Å²) in [5.41, 5.74) is 3.72. The van der Waals surface area contributed by atoms with Crippen LogP contribution in [0.25, 0.3) is 0 Å². The van der Waals surface area contributed by atoms with Crippen molar-refractivity contribution >= 4 is 29.7 Å². The number of carboxylic acid groups (broad SMARTS) is 1. The Morgan fingerprint density at radius 1 is 1.02 bits per heavy atom. The zero-order valence-corrected chi connectivity index (χ0v) is 25.6. The van der Waals surface area contributed by atoms with E-state index in [2.05, 4.69) is 20.9 Å². The molecule has 45 heavy (non-hydrogen) atoms. The van der Waals surface area contributed by atoms with Crippen molar-refractivity contribution < 1.29 is 33.8 Å². The highest BCUT2D eigenvalue weighted by atomic mass is 16.6. The van der Waals surface area contributed by atoms with Crippen molar-refractivity contribution in [3.8, 4) is 0 Å². The minimum Gasteiger partial charge on any atom is -0.480 e. The van der Waals surface area contributed by atoms with E-state index in [0.29, 0.717) is 24.3 Å². The SMILES string of the molecule is Cc1cc(C)c(C(=O)NC(CNC(=O)COC2C[C@@H](CNc3ccccn3)N(C(=O)OCc3ccccc3)C2)C(=O)O)c(C)c1. The van der Waals surface area contributed by atoms with Crippen LogP contribution in [0.2, 0.25) is 0 Å². The van der Waals surface area contributed by atoms with Crippen LogP contribution in [-0.2, 0) is 25.7 Å². The maximum absolute atomic E-state index is 13.0. The second kappa shape index (κ2) is 15.7. The summed E-state index contributed by atoms with van der Waals surface area (Å²) in [5.74, 6) is -1.70. The highest BCUT2D eigenvalue weighted by Gasteiger charge is 2.37. The number of aliphatic carboxylic acids is 1. The Labute approximate surface area is 262 Å². The number of carboxylic acids is 1. The van der Waals surface area contributed by atoms with Gasteiger partial charge < -0.3 is 35.4 Å². The molecule has 238 valence electrons. The van der Waals surface area contributed by atoms with Gasteiger partial charge in [0.25, 0.3) is 5.91 Å². The fourth-order valence-corrected chi connectivity index (χ4v) is 5.33. The van der Waals surface area contributed by atoms with Gasteiger partial charge in [-0.2, -0.15) is 0 Å². The lowest BCUT2D eigenvalue weighted by atomic mass is 9.99. The first-order chi connectivity index (χ1) is 21.6. The van der Waals surface area contributed by atoms with Crippen molar-refractivity contribution in [3.63, 3.8) is 0 Å².